The molecule has 0 bridgehead atoms. The van der Waals surface area contributed by atoms with Crippen molar-refractivity contribution in [3.63, 3.8) is 0 Å². The van der Waals surface area contributed by atoms with Crippen LogP contribution in [0, 0.1) is 0 Å². The van der Waals surface area contributed by atoms with Gasteiger partial charge in [-0.3, -0.25) is 0 Å². The van der Waals surface area contributed by atoms with Crippen molar-refractivity contribution in [1.82, 2.24) is 0 Å². The van der Waals surface area contributed by atoms with E-state index in [4.69, 9.17) is 34.2 Å². The van der Waals surface area contributed by atoms with Gasteiger partial charge in [-0.2, -0.15) is 0 Å². The van der Waals surface area contributed by atoms with Crippen LogP contribution in [0.5, 0.6) is 0 Å². The van der Waals surface area contributed by atoms with Gasteiger partial charge in [0, 0.05) is 0 Å². The summed E-state index contributed by atoms with van der Waals surface area (Å²) in [7, 11) is -4.61. The van der Waals surface area contributed by atoms with Gasteiger partial charge in [-0.15, -0.1) is 0 Å². The second kappa shape index (κ2) is 11.3. The maximum Gasteiger partial charge on any atom is 1.00 e. The van der Waals surface area contributed by atoms with Crippen molar-refractivity contribution in [1.29, 1.82) is 0 Å². The molecular formula is CH4Na2O7Si. The van der Waals surface area contributed by atoms with Crippen molar-refractivity contribution in [2.45, 2.75) is 0 Å². The van der Waals surface area contributed by atoms with Gasteiger partial charge in [-0.25, -0.2) is 0 Å². The minimum absolute atomic E-state index is 0. The number of carbonyl (C=O) groups excluding carboxylic acids is 1. The van der Waals surface area contributed by atoms with Crippen LogP contribution in [0.25, 0.3) is 0 Å². The molecule has 10 heteroatoms. The molecular weight excluding hydrogens is 198 g/mol. The molecule has 4 N–H and O–H groups in total. The van der Waals surface area contributed by atoms with Crippen LogP contribution in [0.15, 0.2) is 0 Å². The fourth-order valence-corrected chi connectivity index (χ4v) is 0. The molecule has 7 nitrogen and oxygen atoms in total. The first-order valence-electron chi connectivity index (χ1n) is 1.51. The van der Waals surface area contributed by atoms with Crippen LogP contribution < -0.4 is 69.3 Å². The Kier molecular flexibility index (Phi) is 23.5. The van der Waals surface area contributed by atoms with E-state index >= 15 is 0 Å². The fraction of sp³-hybridized carbons (Fsp3) is 0. The molecule has 0 saturated carbocycles. The van der Waals surface area contributed by atoms with Gasteiger partial charge in [0.15, 0.2) is 0 Å². The zero-order chi connectivity index (χ0) is 8.08. The molecule has 56 valence electrons. The second-order valence-corrected chi connectivity index (χ2v) is 2.05. The van der Waals surface area contributed by atoms with Crippen LogP contribution in [0.2, 0.25) is 0 Å². The van der Waals surface area contributed by atoms with E-state index in [2.05, 4.69) is 0 Å². The van der Waals surface area contributed by atoms with Gasteiger partial charge in [0.1, 0.15) is 0 Å². The molecule has 0 radical (unpaired) electrons. The minimum Gasteiger partial charge on any atom is -0.652 e. The van der Waals surface area contributed by atoms with E-state index in [1.807, 2.05) is 0 Å². The van der Waals surface area contributed by atoms with E-state index in [0.29, 0.717) is 0 Å². The zero-order valence-corrected chi connectivity index (χ0v) is 11.0. The smallest absolute Gasteiger partial charge is 0.652 e. The third-order valence-electron chi connectivity index (χ3n) is 0. The average Bonchev–Trinajstić information content (AvgIpc) is 1.19. The fourth-order valence-electron chi connectivity index (χ4n) is 0. The van der Waals surface area contributed by atoms with Crippen molar-refractivity contribution in [3.05, 3.63) is 0 Å². The molecule has 0 heterocycles. The largest absolute Gasteiger partial charge is 1.00 e. The summed E-state index contributed by atoms with van der Waals surface area (Å²) in [5.41, 5.74) is 0. The maximum absolute atomic E-state index is 8.33. The monoisotopic (exact) mass is 202 g/mol. The molecule has 0 fully saturated rings. The molecule has 0 unspecified atom stereocenters. The number of hydrogen-bond donors (Lipinski definition) is 4. The van der Waals surface area contributed by atoms with E-state index in [0.717, 1.165) is 0 Å². The van der Waals surface area contributed by atoms with E-state index in [9.17, 15) is 0 Å². The molecule has 0 aromatic carbocycles. The third kappa shape index (κ3) is 560. The van der Waals surface area contributed by atoms with E-state index < -0.39 is 15.2 Å². The van der Waals surface area contributed by atoms with Crippen LogP contribution in [0.4, 0.5) is 4.79 Å². The van der Waals surface area contributed by atoms with E-state index in [1.54, 1.807) is 0 Å². The van der Waals surface area contributed by atoms with Crippen LogP contribution >= 0.6 is 0 Å². The summed E-state index contributed by atoms with van der Waals surface area (Å²) < 4.78 is 0. The Hall–Kier alpha value is 1.33. The van der Waals surface area contributed by atoms with Crippen molar-refractivity contribution >= 4 is 15.2 Å². The Morgan fingerprint density at radius 1 is 1.00 bits per heavy atom. The molecule has 11 heavy (non-hydrogen) atoms. The zero-order valence-electron chi connectivity index (χ0n) is 6.01. The number of hydrogen-bond acceptors (Lipinski definition) is 7. The molecule has 0 aliphatic rings. The summed E-state index contributed by atoms with van der Waals surface area (Å²) in [6.07, 6.45) is -2.33. The van der Waals surface area contributed by atoms with Crippen LogP contribution in [-0.4, -0.2) is 34.4 Å². The molecule has 0 aliphatic heterocycles. The molecule has 0 amide bonds. The Balaban J connectivity index is -0.0000000383. The summed E-state index contributed by atoms with van der Waals surface area (Å²) in [4.78, 5) is 37.6. The summed E-state index contributed by atoms with van der Waals surface area (Å²) in [6.45, 7) is 0. The maximum atomic E-state index is 8.33. The topological polar surface area (TPSA) is 144 Å². The Labute approximate surface area is 107 Å². The van der Waals surface area contributed by atoms with Crippen LogP contribution in [0.1, 0.15) is 0 Å². The summed E-state index contributed by atoms with van der Waals surface area (Å²) in [5, 5.41) is 16.7. The summed E-state index contributed by atoms with van der Waals surface area (Å²) >= 11 is 0. The van der Waals surface area contributed by atoms with E-state index in [1.165, 1.54) is 0 Å². The van der Waals surface area contributed by atoms with E-state index in [-0.39, 0.29) is 59.1 Å². The van der Waals surface area contributed by atoms with Crippen LogP contribution in [-0.2, 0) is 0 Å². The molecule has 0 atom stereocenters. The van der Waals surface area contributed by atoms with Gasteiger partial charge < -0.3 is 34.2 Å². The summed E-state index contributed by atoms with van der Waals surface area (Å²) in [6, 6.07) is 0. The Morgan fingerprint density at radius 3 is 1.00 bits per heavy atom. The molecule has 0 aliphatic carbocycles. The van der Waals surface area contributed by atoms with Gasteiger partial charge >= 0.3 is 68.2 Å². The molecule has 0 saturated heterocycles. The second-order valence-electron chi connectivity index (χ2n) is 0.850. The third-order valence-corrected chi connectivity index (χ3v) is 0. The van der Waals surface area contributed by atoms with Crippen molar-refractivity contribution in [2.75, 3.05) is 0 Å². The molecule has 0 rings (SSSR count). The van der Waals surface area contributed by atoms with Crippen molar-refractivity contribution in [3.8, 4) is 0 Å². The molecule has 0 aromatic heterocycles. The van der Waals surface area contributed by atoms with Gasteiger partial charge in [-0.05, 0) is 6.16 Å². The van der Waals surface area contributed by atoms with Crippen molar-refractivity contribution in [2.24, 2.45) is 0 Å². The summed E-state index contributed by atoms with van der Waals surface area (Å²) in [5.74, 6) is 0. The molecule has 0 spiro atoms. The first kappa shape index (κ1) is 22.8. The van der Waals surface area contributed by atoms with Gasteiger partial charge in [0.05, 0.1) is 0 Å². The van der Waals surface area contributed by atoms with Gasteiger partial charge in [-0.1, -0.05) is 0 Å². The SMILES string of the molecule is O=C([O-])[O-].O[Si](O)(O)O.[Na+].[Na+]. The minimum atomic E-state index is -4.61. The standard InChI is InChI=1S/CH2O3.2Na.H4O4Si/c2-1(3)4;;;1-5(2,3)4/h(H2,2,3,4);;;1-4H/q;2*+1;/p-2. The quantitative estimate of drug-likeness (QED) is 0.285. The average molecular weight is 202 g/mol. The van der Waals surface area contributed by atoms with Crippen LogP contribution in [0.3, 0.4) is 0 Å². The van der Waals surface area contributed by atoms with Gasteiger partial charge in [0.2, 0.25) is 0 Å². The van der Waals surface area contributed by atoms with Crippen molar-refractivity contribution < 1.29 is 93.3 Å². The number of carbonyl (C=O) groups is 1. The Bertz CT molecular complexity index is 78.9. The first-order valence-corrected chi connectivity index (χ1v) is 3.30. The first-order chi connectivity index (χ1) is 3.73. The van der Waals surface area contributed by atoms with Gasteiger partial charge in [0.25, 0.3) is 0 Å². The predicted molar refractivity (Wildman–Crippen MR) is 20.0 cm³/mol. The predicted octanol–water partition coefficient (Wildman–Crippen LogP) is -11.0. The normalized spacial score (nSPS) is 7.64. The number of rotatable bonds is 0. The molecule has 0 aromatic rings. The Morgan fingerprint density at radius 2 is 1.00 bits per heavy atom. The number of carboxylic acid groups (broad SMARTS) is 2.